The summed E-state index contributed by atoms with van der Waals surface area (Å²) in [5.74, 6) is -0.909. The molecular formula is C14H18BrFN2O2. The van der Waals surface area contributed by atoms with Gasteiger partial charge in [-0.2, -0.15) is 0 Å². The van der Waals surface area contributed by atoms with Crippen LogP contribution in [0.1, 0.15) is 17.3 Å². The van der Waals surface area contributed by atoms with Gasteiger partial charge in [0.05, 0.1) is 23.2 Å². The third-order valence-corrected chi connectivity index (χ3v) is 3.82. The monoisotopic (exact) mass is 344 g/mol. The van der Waals surface area contributed by atoms with Gasteiger partial charge in [-0.25, -0.2) is 4.39 Å². The Kier molecular flexibility index (Phi) is 5.51. The molecule has 4 nitrogen and oxygen atoms in total. The molecule has 0 aromatic heterocycles. The fourth-order valence-electron chi connectivity index (χ4n) is 2.20. The van der Waals surface area contributed by atoms with Crippen LogP contribution >= 0.6 is 15.9 Å². The highest BCUT2D eigenvalue weighted by atomic mass is 79.9. The van der Waals surface area contributed by atoms with Gasteiger partial charge in [-0.05, 0) is 35.0 Å². The topological polar surface area (TPSA) is 41.6 Å². The zero-order valence-corrected chi connectivity index (χ0v) is 13.0. The summed E-state index contributed by atoms with van der Waals surface area (Å²) in [6.45, 7) is 5.84. The second-order valence-corrected chi connectivity index (χ2v) is 5.74. The number of morpholine rings is 1. The average Bonchev–Trinajstić information content (AvgIpc) is 2.42. The highest BCUT2D eigenvalue weighted by Gasteiger charge is 2.18. The van der Waals surface area contributed by atoms with Gasteiger partial charge in [0.15, 0.2) is 0 Å². The Balaban J connectivity index is 1.91. The van der Waals surface area contributed by atoms with Crippen molar-refractivity contribution in [1.82, 2.24) is 10.2 Å². The minimum absolute atomic E-state index is 0.0426. The van der Waals surface area contributed by atoms with E-state index in [4.69, 9.17) is 4.74 Å². The maximum absolute atomic E-state index is 13.8. The fourth-order valence-corrected chi connectivity index (χ4v) is 2.56. The summed E-state index contributed by atoms with van der Waals surface area (Å²) in [5, 5.41) is 2.83. The van der Waals surface area contributed by atoms with Crippen LogP contribution in [0.3, 0.4) is 0 Å². The standard InChI is InChI=1S/C14H18BrFN2O2/c1-10(9-18-5-7-20-8-6-18)17-14(19)11-3-2-4-12(15)13(11)16/h2-4,10H,5-9H2,1H3,(H,17,19). The second-order valence-electron chi connectivity index (χ2n) is 4.89. The minimum atomic E-state index is -0.524. The zero-order chi connectivity index (χ0) is 14.5. The summed E-state index contributed by atoms with van der Waals surface area (Å²) in [7, 11) is 0. The molecule has 20 heavy (non-hydrogen) atoms. The Hall–Kier alpha value is -0.980. The van der Waals surface area contributed by atoms with Crippen molar-refractivity contribution in [3.05, 3.63) is 34.1 Å². The number of nitrogens with one attached hydrogen (secondary N) is 1. The Bertz CT molecular complexity index is 478. The molecule has 1 N–H and O–H groups in total. The van der Waals surface area contributed by atoms with Crippen molar-refractivity contribution in [2.24, 2.45) is 0 Å². The number of carbonyl (C=O) groups is 1. The molecule has 1 saturated heterocycles. The van der Waals surface area contributed by atoms with Gasteiger partial charge in [-0.15, -0.1) is 0 Å². The van der Waals surface area contributed by atoms with Crippen molar-refractivity contribution in [3.63, 3.8) is 0 Å². The van der Waals surface area contributed by atoms with E-state index in [-0.39, 0.29) is 17.5 Å². The van der Waals surface area contributed by atoms with E-state index in [0.717, 1.165) is 32.8 Å². The van der Waals surface area contributed by atoms with Gasteiger partial charge < -0.3 is 10.1 Å². The Morgan fingerprint density at radius 1 is 1.50 bits per heavy atom. The molecule has 1 amide bonds. The summed E-state index contributed by atoms with van der Waals surface area (Å²) in [6.07, 6.45) is 0. The van der Waals surface area contributed by atoms with Gasteiger partial charge in [-0.3, -0.25) is 9.69 Å². The van der Waals surface area contributed by atoms with E-state index in [2.05, 4.69) is 26.1 Å². The van der Waals surface area contributed by atoms with Crippen molar-refractivity contribution in [2.45, 2.75) is 13.0 Å². The van der Waals surface area contributed by atoms with Crippen LogP contribution in [0.15, 0.2) is 22.7 Å². The maximum Gasteiger partial charge on any atom is 0.254 e. The first-order valence-corrected chi connectivity index (χ1v) is 7.42. The first-order valence-electron chi connectivity index (χ1n) is 6.63. The molecule has 0 radical (unpaired) electrons. The Labute approximate surface area is 126 Å². The van der Waals surface area contributed by atoms with Crippen LogP contribution < -0.4 is 5.32 Å². The number of nitrogens with zero attached hydrogens (tertiary/aromatic N) is 1. The number of ether oxygens (including phenoxy) is 1. The van der Waals surface area contributed by atoms with E-state index in [9.17, 15) is 9.18 Å². The molecule has 6 heteroatoms. The lowest BCUT2D eigenvalue weighted by Crippen LogP contribution is -2.46. The van der Waals surface area contributed by atoms with Gasteiger partial charge in [0, 0.05) is 25.7 Å². The molecule has 1 aliphatic heterocycles. The minimum Gasteiger partial charge on any atom is -0.379 e. The van der Waals surface area contributed by atoms with Crippen LogP contribution in [-0.2, 0) is 4.74 Å². The van der Waals surface area contributed by atoms with Crippen molar-refractivity contribution in [3.8, 4) is 0 Å². The number of halogens is 2. The predicted octanol–water partition coefficient (Wildman–Crippen LogP) is 2.04. The maximum atomic E-state index is 13.8. The Morgan fingerprint density at radius 3 is 2.90 bits per heavy atom. The molecular weight excluding hydrogens is 327 g/mol. The van der Waals surface area contributed by atoms with Crippen LogP contribution in [0.4, 0.5) is 4.39 Å². The summed E-state index contributed by atoms with van der Waals surface area (Å²) < 4.78 is 19.4. The third kappa shape index (κ3) is 4.01. The summed E-state index contributed by atoms with van der Waals surface area (Å²) in [6, 6.07) is 4.66. The molecule has 0 aliphatic carbocycles. The van der Waals surface area contributed by atoms with Crippen molar-refractivity contribution >= 4 is 21.8 Å². The zero-order valence-electron chi connectivity index (χ0n) is 11.4. The van der Waals surface area contributed by atoms with E-state index in [1.165, 1.54) is 6.07 Å². The fraction of sp³-hybridized carbons (Fsp3) is 0.500. The highest BCUT2D eigenvalue weighted by molar-refractivity contribution is 9.10. The van der Waals surface area contributed by atoms with Crippen LogP contribution in [0.2, 0.25) is 0 Å². The van der Waals surface area contributed by atoms with Gasteiger partial charge in [0.25, 0.3) is 5.91 Å². The third-order valence-electron chi connectivity index (χ3n) is 3.21. The highest BCUT2D eigenvalue weighted by Crippen LogP contribution is 2.18. The van der Waals surface area contributed by atoms with Crippen molar-refractivity contribution in [2.75, 3.05) is 32.8 Å². The van der Waals surface area contributed by atoms with Crippen LogP contribution in [0.25, 0.3) is 0 Å². The van der Waals surface area contributed by atoms with Crippen LogP contribution in [0.5, 0.6) is 0 Å². The molecule has 1 aromatic rings. The summed E-state index contributed by atoms with van der Waals surface area (Å²) >= 11 is 3.08. The molecule has 1 fully saturated rings. The van der Waals surface area contributed by atoms with Gasteiger partial charge in [0.1, 0.15) is 5.82 Å². The van der Waals surface area contributed by atoms with E-state index < -0.39 is 5.82 Å². The first-order chi connectivity index (χ1) is 9.58. The first kappa shape index (κ1) is 15.4. The smallest absolute Gasteiger partial charge is 0.254 e. The van der Waals surface area contributed by atoms with Gasteiger partial charge >= 0.3 is 0 Å². The van der Waals surface area contributed by atoms with Crippen molar-refractivity contribution < 1.29 is 13.9 Å². The second kappa shape index (κ2) is 7.15. The molecule has 110 valence electrons. The number of amides is 1. The molecule has 2 rings (SSSR count). The summed E-state index contributed by atoms with van der Waals surface area (Å²) in [4.78, 5) is 14.3. The van der Waals surface area contributed by atoms with Crippen LogP contribution in [-0.4, -0.2) is 49.7 Å². The number of carbonyl (C=O) groups excluding carboxylic acids is 1. The number of rotatable bonds is 4. The van der Waals surface area contributed by atoms with Crippen molar-refractivity contribution in [1.29, 1.82) is 0 Å². The Morgan fingerprint density at radius 2 is 2.20 bits per heavy atom. The predicted molar refractivity (Wildman–Crippen MR) is 78.3 cm³/mol. The number of benzene rings is 1. The lowest BCUT2D eigenvalue weighted by molar-refractivity contribution is 0.0342. The molecule has 1 aliphatic rings. The van der Waals surface area contributed by atoms with Gasteiger partial charge in [-0.1, -0.05) is 6.07 Å². The molecule has 0 bridgehead atoms. The molecule has 1 aromatic carbocycles. The van der Waals surface area contributed by atoms with E-state index in [0.29, 0.717) is 4.47 Å². The van der Waals surface area contributed by atoms with Crippen LogP contribution in [0, 0.1) is 5.82 Å². The average molecular weight is 345 g/mol. The number of hydrogen-bond donors (Lipinski definition) is 1. The molecule has 1 atom stereocenters. The number of hydrogen-bond acceptors (Lipinski definition) is 3. The molecule has 0 spiro atoms. The molecule has 1 heterocycles. The van der Waals surface area contributed by atoms with E-state index >= 15 is 0 Å². The van der Waals surface area contributed by atoms with E-state index in [1.54, 1.807) is 12.1 Å². The lowest BCUT2D eigenvalue weighted by atomic mass is 10.2. The normalized spacial score (nSPS) is 17.8. The van der Waals surface area contributed by atoms with Gasteiger partial charge in [0.2, 0.25) is 0 Å². The molecule has 0 saturated carbocycles. The lowest BCUT2D eigenvalue weighted by Gasteiger charge is -2.29. The summed E-state index contributed by atoms with van der Waals surface area (Å²) in [5.41, 5.74) is 0.0632. The SMILES string of the molecule is CC(CN1CCOCC1)NC(=O)c1cccc(Br)c1F. The van der Waals surface area contributed by atoms with E-state index in [1.807, 2.05) is 6.92 Å². The largest absolute Gasteiger partial charge is 0.379 e. The quantitative estimate of drug-likeness (QED) is 0.908. The molecule has 1 unspecified atom stereocenters.